The van der Waals surface area contributed by atoms with Crippen LogP contribution in [0.2, 0.25) is 0 Å². The highest BCUT2D eigenvalue weighted by Gasteiger charge is 2.12. The van der Waals surface area contributed by atoms with Crippen molar-refractivity contribution in [3.05, 3.63) is 11.9 Å². The van der Waals surface area contributed by atoms with E-state index >= 15 is 0 Å². The van der Waals surface area contributed by atoms with Gasteiger partial charge < -0.3 is 15.0 Å². The summed E-state index contributed by atoms with van der Waals surface area (Å²) in [5.74, 6) is -0.945. The van der Waals surface area contributed by atoms with Gasteiger partial charge in [0.25, 0.3) is 0 Å². The van der Waals surface area contributed by atoms with Crippen LogP contribution in [0.1, 0.15) is 19.0 Å². The number of thioether (sulfide) groups is 1. The molecule has 1 aromatic heterocycles. The van der Waals surface area contributed by atoms with E-state index in [1.54, 1.807) is 13.2 Å². The van der Waals surface area contributed by atoms with Gasteiger partial charge in [0.2, 0.25) is 5.91 Å². The monoisotopic (exact) mass is 271 g/mol. The number of carbonyl (C=O) groups is 2. The van der Waals surface area contributed by atoms with Crippen molar-refractivity contribution >= 4 is 23.6 Å². The molecule has 0 atom stereocenters. The molecule has 1 heterocycles. The van der Waals surface area contributed by atoms with Crippen molar-refractivity contribution in [2.45, 2.75) is 31.5 Å². The van der Waals surface area contributed by atoms with Crippen LogP contribution in [0.25, 0.3) is 0 Å². The average Bonchev–Trinajstić information content (AvgIpc) is 2.75. The van der Waals surface area contributed by atoms with Crippen molar-refractivity contribution in [3.63, 3.8) is 0 Å². The first-order valence-electron chi connectivity index (χ1n) is 5.68. The molecule has 1 aromatic rings. The minimum absolute atomic E-state index is 0.0276. The van der Waals surface area contributed by atoms with Crippen LogP contribution in [0.3, 0.4) is 0 Å². The number of carboxylic acids is 1. The SMILES string of the molecule is CCc1cnc(SCC(=O)O)n1CCC(=O)NC. The highest BCUT2D eigenvalue weighted by atomic mass is 32.2. The highest BCUT2D eigenvalue weighted by molar-refractivity contribution is 7.99. The summed E-state index contributed by atoms with van der Waals surface area (Å²) in [5, 5.41) is 11.9. The maximum absolute atomic E-state index is 11.2. The van der Waals surface area contributed by atoms with Crippen LogP contribution in [-0.4, -0.2) is 39.3 Å². The van der Waals surface area contributed by atoms with Gasteiger partial charge in [0.1, 0.15) is 0 Å². The lowest BCUT2D eigenvalue weighted by Crippen LogP contribution is -2.20. The molecule has 0 fully saturated rings. The Hall–Kier alpha value is -1.50. The molecule has 6 nitrogen and oxygen atoms in total. The van der Waals surface area contributed by atoms with E-state index in [1.165, 1.54) is 11.8 Å². The molecule has 1 amide bonds. The fraction of sp³-hybridized carbons (Fsp3) is 0.545. The van der Waals surface area contributed by atoms with E-state index < -0.39 is 5.97 Å². The molecule has 18 heavy (non-hydrogen) atoms. The van der Waals surface area contributed by atoms with Gasteiger partial charge >= 0.3 is 5.97 Å². The third-order valence-electron chi connectivity index (χ3n) is 2.43. The van der Waals surface area contributed by atoms with Gasteiger partial charge in [0.05, 0.1) is 5.75 Å². The zero-order valence-corrected chi connectivity index (χ0v) is 11.3. The van der Waals surface area contributed by atoms with Crippen molar-refractivity contribution < 1.29 is 14.7 Å². The first kappa shape index (κ1) is 14.6. The standard InChI is InChI=1S/C11H17N3O3S/c1-3-8-6-13-11(18-7-10(16)17)14(8)5-4-9(15)12-2/h6H,3-5,7H2,1-2H3,(H,12,15)(H,16,17). The molecule has 0 bridgehead atoms. The molecule has 0 radical (unpaired) electrons. The molecule has 100 valence electrons. The van der Waals surface area contributed by atoms with Gasteiger partial charge in [-0.2, -0.15) is 0 Å². The van der Waals surface area contributed by atoms with Crippen molar-refractivity contribution in [3.8, 4) is 0 Å². The minimum Gasteiger partial charge on any atom is -0.481 e. The number of nitrogens with zero attached hydrogens (tertiary/aromatic N) is 2. The lowest BCUT2D eigenvalue weighted by atomic mass is 10.3. The third kappa shape index (κ3) is 4.06. The molecule has 0 aliphatic carbocycles. The Morgan fingerprint density at radius 1 is 1.56 bits per heavy atom. The van der Waals surface area contributed by atoms with Gasteiger partial charge in [-0.1, -0.05) is 18.7 Å². The van der Waals surface area contributed by atoms with Crippen molar-refractivity contribution in [2.75, 3.05) is 12.8 Å². The normalized spacial score (nSPS) is 10.3. The number of aromatic nitrogens is 2. The van der Waals surface area contributed by atoms with Crippen molar-refractivity contribution in [1.29, 1.82) is 0 Å². The second kappa shape index (κ2) is 7.05. The van der Waals surface area contributed by atoms with E-state index in [0.717, 1.165) is 12.1 Å². The maximum Gasteiger partial charge on any atom is 0.313 e. The summed E-state index contributed by atoms with van der Waals surface area (Å²) in [7, 11) is 1.59. The van der Waals surface area contributed by atoms with E-state index in [9.17, 15) is 9.59 Å². The van der Waals surface area contributed by atoms with Crippen LogP contribution < -0.4 is 5.32 Å². The summed E-state index contributed by atoms with van der Waals surface area (Å²) in [4.78, 5) is 26.0. The first-order chi connectivity index (χ1) is 8.58. The highest BCUT2D eigenvalue weighted by Crippen LogP contribution is 2.19. The Labute approximate surface area is 110 Å². The largest absolute Gasteiger partial charge is 0.481 e. The second-order valence-electron chi connectivity index (χ2n) is 3.64. The van der Waals surface area contributed by atoms with Gasteiger partial charge in [-0.25, -0.2) is 4.98 Å². The summed E-state index contributed by atoms with van der Waals surface area (Å²) in [6, 6.07) is 0. The van der Waals surface area contributed by atoms with Gasteiger partial charge in [-0.15, -0.1) is 0 Å². The number of imidazole rings is 1. The average molecular weight is 271 g/mol. The molecule has 0 aromatic carbocycles. The zero-order chi connectivity index (χ0) is 13.5. The summed E-state index contributed by atoms with van der Waals surface area (Å²) in [6.45, 7) is 2.52. The number of carboxylic acid groups (broad SMARTS) is 1. The number of carbonyl (C=O) groups excluding carboxylic acids is 1. The third-order valence-corrected chi connectivity index (χ3v) is 3.41. The number of hydrogen-bond acceptors (Lipinski definition) is 4. The van der Waals surface area contributed by atoms with Gasteiger partial charge in [0, 0.05) is 31.9 Å². The Morgan fingerprint density at radius 3 is 2.83 bits per heavy atom. The number of hydrogen-bond donors (Lipinski definition) is 2. The molecule has 7 heteroatoms. The summed E-state index contributed by atoms with van der Waals surface area (Å²) in [5.41, 5.74) is 1.01. The van der Waals surface area contributed by atoms with Crippen molar-refractivity contribution in [2.24, 2.45) is 0 Å². The lowest BCUT2D eigenvalue weighted by molar-refractivity contribution is -0.134. The Kier molecular flexibility index (Phi) is 5.70. The molecule has 0 saturated heterocycles. The number of aryl methyl sites for hydroxylation is 1. The Bertz CT molecular complexity index is 431. The Balaban J connectivity index is 2.74. The van der Waals surface area contributed by atoms with Crippen LogP contribution in [-0.2, 0) is 22.6 Å². The smallest absolute Gasteiger partial charge is 0.313 e. The second-order valence-corrected chi connectivity index (χ2v) is 4.59. The lowest BCUT2D eigenvalue weighted by Gasteiger charge is -2.09. The predicted molar refractivity (Wildman–Crippen MR) is 68.6 cm³/mol. The molecule has 0 aliphatic rings. The quantitative estimate of drug-likeness (QED) is 0.715. The predicted octanol–water partition coefficient (Wildman–Crippen LogP) is 0.758. The molecule has 2 N–H and O–H groups in total. The van der Waals surface area contributed by atoms with Gasteiger partial charge in [0.15, 0.2) is 5.16 Å². The zero-order valence-electron chi connectivity index (χ0n) is 10.5. The molecule has 1 rings (SSSR count). The number of aliphatic carboxylic acids is 1. The topological polar surface area (TPSA) is 84.2 Å². The van der Waals surface area contributed by atoms with Crippen LogP contribution in [0.15, 0.2) is 11.4 Å². The molecule has 0 spiro atoms. The molecule has 0 saturated carbocycles. The number of amides is 1. The summed E-state index contributed by atoms with van der Waals surface area (Å²) < 4.78 is 1.91. The molecule has 0 aliphatic heterocycles. The fourth-order valence-corrected chi connectivity index (χ4v) is 2.24. The summed E-state index contributed by atoms with van der Waals surface area (Å²) >= 11 is 1.17. The number of rotatable bonds is 7. The van der Waals surface area contributed by atoms with E-state index in [-0.39, 0.29) is 11.7 Å². The van der Waals surface area contributed by atoms with Crippen LogP contribution in [0.5, 0.6) is 0 Å². The molecular weight excluding hydrogens is 254 g/mol. The van der Waals surface area contributed by atoms with Crippen LogP contribution in [0.4, 0.5) is 0 Å². The molecule has 0 unspecified atom stereocenters. The van der Waals surface area contributed by atoms with Crippen LogP contribution >= 0.6 is 11.8 Å². The van der Waals surface area contributed by atoms with E-state index in [1.807, 2.05) is 11.5 Å². The Morgan fingerprint density at radius 2 is 2.28 bits per heavy atom. The maximum atomic E-state index is 11.2. The van der Waals surface area contributed by atoms with Gasteiger partial charge in [-0.05, 0) is 6.42 Å². The van der Waals surface area contributed by atoms with E-state index in [4.69, 9.17) is 5.11 Å². The summed E-state index contributed by atoms with van der Waals surface area (Å²) in [6.07, 6.45) is 2.89. The molecular formula is C11H17N3O3S. The van der Waals surface area contributed by atoms with Crippen LogP contribution in [0, 0.1) is 0 Å². The number of nitrogens with one attached hydrogen (secondary N) is 1. The van der Waals surface area contributed by atoms with Gasteiger partial charge in [-0.3, -0.25) is 9.59 Å². The fourth-order valence-electron chi connectivity index (χ4n) is 1.49. The van der Waals surface area contributed by atoms with Crippen molar-refractivity contribution in [1.82, 2.24) is 14.9 Å². The van der Waals surface area contributed by atoms with E-state index in [0.29, 0.717) is 18.1 Å². The minimum atomic E-state index is -0.876. The van der Waals surface area contributed by atoms with E-state index in [2.05, 4.69) is 10.3 Å². The first-order valence-corrected chi connectivity index (χ1v) is 6.66.